The van der Waals surface area contributed by atoms with Gasteiger partial charge < -0.3 is 5.73 Å². The second-order valence-corrected chi connectivity index (χ2v) is 4.39. The van der Waals surface area contributed by atoms with Gasteiger partial charge in [0.15, 0.2) is 5.82 Å². The van der Waals surface area contributed by atoms with Crippen LogP contribution >= 0.6 is 0 Å². The minimum atomic E-state index is -0.163. The summed E-state index contributed by atoms with van der Waals surface area (Å²) >= 11 is 0. The van der Waals surface area contributed by atoms with E-state index in [9.17, 15) is 4.79 Å². The number of anilines is 1. The maximum Gasteiger partial charge on any atom is 0.257 e. The minimum absolute atomic E-state index is 0.0287. The van der Waals surface area contributed by atoms with Crippen molar-refractivity contribution in [2.45, 2.75) is 26.7 Å². The Morgan fingerprint density at radius 2 is 2.17 bits per heavy atom. The van der Waals surface area contributed by atoms with Crippen molar-refractivity contribution < 1.29 is 4.79 Å². The second-order valence-electron chi connectivity index (χ2n) is 4.39. The molecule has 1 amide bonds. The first-order valence-electron chi connectivity index (χ1n) is 6.01. The average Bonchev–Trinajstić information content (AvgIpc) is 2.63. The molecule has 0 spiro atoms. The normalized spacial score (nSPS) is 19.3. The fourth-order valence-electron chi connectivity index (χ4n) is 1.98. The van der Waals surface area contributed by atoms with Crippen LogP contribution in [0.15, 0.2) is 17.5 Å². The Morgan fingerprint density at radius 3 is 2.83 bits per heavy atom. The van der Waals surface area contributed by atoms with E-state index in [0.29, 0.717) is 12.4 Å². The van der Waals surface area contributed by atoms with Crippen LogP contribution in [0.25, 0.3) is 0 Å². The third-order valence-corrected chi connectivity index (χ3v) is 2.97. The van der Waals surface area contributed by atoms with Crippen molar-refractivity contribution in [2.75, 3.05) is 11.6 Å². The number of carbonyl (C=O) groups is 1. The number of aryl methyl sites for hydroxylation is 1. The first-order chi connectivity index (χ1) is 8.63. The van der Waals surface area contributed by atoms with E-state index in [-0.39, 0.29) is 11.8 Å². The maximum atomic E-state index is 12.2. The van der Waals surface area contributed by atoms with E-state index in [0.717, 1.165) is 24.2 Å². The first kappa shape index (κ1) is 12.6. The lowest BCUT2D eigenvalue weighted by molar-refractivity contribution is -0.119. The molecule has 1 aliphatic rings. The van der Waals surface area contributed by atoms with Crippen LogP contribution in [0.3, 0.4) is 0 Å². The predicted molar refractivity (Wildman–Crippen MR) is 69.1 cm³/mol. The molecule has 18 heavy (non-hydrogen) atoms. The highest BCUT2D eigenvalue weighted by molar-refractivity contribution is 6.14. The van der Waals surface area contributed by atoms with Crippen LogP contribution in [0.4, 0.5) is 5.82 Å². The molecule has 0 aromatic carbocycles. The van der Waals surface area contributed by atoms with Crippen LogP contribution in [0.2, 0.25) is 0 Å². The van der Waals surface area contributed by atoms with Gasteiger partial charge in [0.1, 0.15) is 6.33 Å². The molecule has 2 rings (SSSR count). The summed E-state index contributed by atoms with van der Waals surface area (Å²) in [6.45, 7) is 4.31. The molecule has 2 N–H and O–H groups in total. The number of carbonyl (C=O) groups excluding carboxylic acids is 1. The van der Waals surface area contributed by atoms with E-state index in [1.165, 1.54) is 11.3 Å². The van der Waals surface area contributed by atoms with Crippen molar-refractivity contribution in [3.05, 3.63) is 18.1 Å². The molecule has 1 aromatic rings. The van der Waals surface area contributed by atoms with E-state index in [4.69, 9.17) is 5.73 Å². The van der Waals surface area contributed by atoms with E-state index < -0.39 is 0 Å². The zero-order valence-electron chi connectivity index (χ0n) is 10.6. The molecule has 2 heterocycles. The van der Waals surface area contributed by atoms with Gasteiger partial charge in [-0.15, -0.1) is 0 Å². The number of rotatable bonds is 4. The molecule has 1 aliphatic heterocycles. The SMILES string of the molecule is CC1=NN(c2cc(C)ncn2)C(=O)C1CCCN. The van der Waals surface area contributed by atoms with Gasteiger partial charge in [-0.1, -0.05) is 0 Å². The Hall–Kier alpha value is -1.82. The molecule has 6 nitrogen and oxygen atoms in total. The van der Waals surface area contributed by atoms with Crippen molar-refractivity contribution in [1.29, 1.82) is 0 Å². The molecule has 0 bridgehead atoms. The highest BCUT2D eigenvalue weighted by Crippen LogP contribution is 2.24. The third-order valence-electron chi connectivity index (χ3n) is 2.97. The largest absolute Gasteiger partial charge is 0.330 e. The molecular weight excluding hydrogens is 230 g/mol. The van der Waals surface area contributed by atoms with Crippen molar-refractivity contribution in [3.63, 3.8) is 0 Å². The van der Waals surface area contributed by atoms with Crippen LogP contribution in [0, 0.1) is 12.8 Å². The van der Waals surface area contributed by atoms with E-state index in [2.05, 4.69) is 15.1 Å². The van der Waals surface area contributed by atoms with Gasteiger partial charge in [0.05, 0.1) is 5.92 Å². The molecule has 1 aromatic heterocycles. The van der Waals surface area contributed by atoms with Crippen LogP contribution in [0.5, 0.6) is 0 Å². The van der Waals surface area contributed by atoms with Crippen molar-refractivity contribution in [1.82, 2.24) is 9.97 Å². The third kappa shape index (κ3) is 2.38. The van der Waals surface area contributed by atoms with Gasteiger partial charge in [-0.25, -0.2) is 9.97 Å². The Bertz CT molecular complexity index is 485. The van der Waals surface area contributed by atoms with Gasteiger partial charge in [0, 0.05) is 17.5 Å². The fraction of sp³-hybridized carbons (Fsp3) is 0.500. The zero-order valence-corrected chi connectivity index (χ0v) is 10.6. The van der Waals surface area contributed by atoms with Gasteiger partial charge in [-0.05, 0) is 33.2 Å². The van der Waals surface area contributed by atoms with Crippen LogP contribution in [0.1, 0.15) is 25.5 Å². The number of nitrogens with two attached hydrogens (primary N) is 1. The van der Waals surface area contributed by atoms with Gasteiger partial charge >= 0.3 is 0 Å². The monoisotopic (exact) mass is 247 g/mol. The molecule has 0 saturated heterocycles. The molecule has 0 saturated carbocycles. The smallest absolute Gasteiger partial charge is 0.257 e. The van der Waals surface area contributed by atoms with Gasteiger partial charge in [0.25, 0.3) is 5.91 Å². The Labute approximate surface area is 106 Å². The number of hydrogen-bond acceptors (Lipinski definition) is 5. The molecule has 0 fully saturated rings. The summed E-state index contributed by atoms with van der Waals surface area (Å²) in [6.07, 6.45) is 3.00. The second kappa shape index (κ2) is 5.22. The summed E-state index contributed by atoms with van der Waals surface area (Å²) in [4.78, 5) is 20.3. The van der Waals surface area contributed by atoms with E-state index >= 15 is 0 Å². The molecule has 6 heteroatoms. The van der Waals surface area contributed by atoms with Crippen LogP contribution in [-0.4, -0.2) is 28.1 Å². The number of hydrazone groups is 1. The number of amides is 1. The Balaban J connectivity index is 2.20. The Kier molecular flexibility index (Phi) is 3.66. The van der Waals surface area contributed by atoms with Gasteiger partial charge in [-0.3, -0.25) is 4.79 Å². The standard InChI is InChI=1S/C12H17N5O/c1-8-6-11(15-7-14-8)17-12(18)10(4-3-5-13)9(2)16-17/h6-7,10H,3-5,13H2,1-2H3. The van der Waals surface area contributed by atoms with Gasteiger partial charge in [-0.2, -0.15) is 10.1 Å². The fourth-order valence-corrected chi connectivity index (χ4v) is 1.98. The topological polar surface area (TPSA) is 84.5 Å². The summed E-state index contributed by atoms with van der Waals surface area (Å²) in [6, 6.07) is 1.75. The lowest BCUT2D eigenvalue weighted by Gasteiger charge is -2.13. The molecule has 1 unspecified atom stereocenters. The molecule has 0 aliphatic carbocycles. The van der Waals surface area contributed by atoms with Crippen molar-refractivity contribution in [2.24, 2.45) is 16.8 Å². The number of nitrogens with zero attached hydrogens (tertiary/aromatic N) is 4. The highest BCUT2D eigenvalue weighted by atomic mass is 16.2. The lowest BCUT2D eigenvalue weighted by atomic mass is 9.98. The quantitative estimate of drug-likeness (QED) is 0.855. The minimum Gasteiger partial charge on any atom is -0.330 e. The number of hydrogen-bond donors (Lipinski definition) is 1. The van der Waals surface area contributed by atoms with Crippen molar-refractivity contribution >= 4 is 17.4 Å². The van der Waals surface area contributed by atoms with Crippen molar-refractivity contribution in [3.8, 4) is 0 Å². The predicted octanol–water partition coefficient (Wildman–Crippen LogP) is 0.863. The van der Waals surface area contributed by atoms with E-state index in [1.807, 2.05) is 13.8 Å². The lowest BCUT2D eigenvalue weighted by Crippen LogP contribution is -2.28. The zero-order chi connectivity index (χ0) is 13.1. The average molecular weight is 247 g/mol. The molecular formula is C12H17N5O. The maximum absolute atomic E-state index is 12.2. The number of aromatic nitrogens is 2. The van der Waals surface area contributed by atoms with Gasteiger partial charge in [0.2, 0.25) is 0 Å². The van der Waals surface area contributed by atoms with Crippen LogP contribution in [-0.2, 0) is 4.79 Å². The molecule has 1 atom stereocenters. The summed E-state index contributed by atoms with van der Waals surface area (Å²) in [5, 5.41) is 5.65. The molecule has 96 valence electrons. The summed E-state index contributed by atoms with van der Waals surface area (Å²) in [7, 11) is 0. The Morgan fingerprint density at radius 1 is 1.39 bits per heavy atom. The van der Waals surface area contributed by atoms with E-state index in [1.54, 1.807) is 6.07 Å². The summed E-state index contributed by atoms with van der Waals surface area (Å²) in [5.74, 6) is 0.338. The first-order valence-corrected chi connectivity index (χ1v) is 6.01. The summed E-state index contributed by atoms with van der Waals surface area (Å²) < 4.78 is 0. The highest BCUT2D eigenvalue weighted by Gasteiger charge is 2.34. The summed E-state index contributed by atoms with van der Waals surface area (Å²) in [5.41, 5.74) is 7.11. The molecule has 0 radical (unpaired) electrons. The van der Waals surface area contributed by atoms with Crippen LogP contribution < -0.4 is 10.7 Å².